The summed E-state index contributed by atoms with van der Waals surface area (Å²) in [5.41, 5.74) is 1.92. The normalized spacial score (nSPS) is 18.5. The van der Waals surface area contributed by atoms with E-state index in [1.165, 1.54) is 0 Å². The first-order valence-electron chi connectivity index (χ1n) is 8.52. The van der Waals surface area contributed by atoms with Crippen molar-refractivity contribution < 1.29 is 13.2 Å². The van der Waals surface area contributed by atoms with E-state index < -0.39 is 9.84 Å². The summed E-state index contributed by atoms with van der Waals surface area (Å²) in [6.07, 6.45) is 0.635. The SMILES string of the molecule is COc1ccc(CNc2nc(C)cc(N(C)C3CCS(=O)(=O)C3)n2)cc1. The molecule has 140 valence electrons. The lowest BCUT2D eigenvalue weighted by Crippen LogP contribution is -2.33. The van der Waals surface area contributed by atoms with Crippen LogP contribution in [0.4, 0.5) is 11.8 Å². The molecule has 8 heteroatoms. The average Bonchev–Trinajstić information content (AvgIpc) is 2.99. The van der Waals surface area contributed by atoms with Gasteiger partial charge in [-0.1, -0.05) is 12.1 Å². The number of benzene rings is 1. The Morgan fingerprint density at radius 3 is 2.62 bits per heavy atom. The van der Waals surface area contributed by atoms with Crippen molar-refractivity contribution in [3.63, 3.8) is 0 Å². The van der Waals surface area contributed by atoms with Crippen LogP contribution < -0.4 is 15.0 Å². The molecule has 0 radical (unpaired) electrons. The van der Waals surface area contributed by atoms with Gasteiger partial charge in [-0.05, 0) is 31.0 Å². The number of anilines is 2. The molecule has 2 aromatic rings. The largest absolute Gasteiger partial charge is 0.497 e. The van der Waals surface area contributed by atoms with Crippen molar-refractivity contribution in [2.75, 3.05) is 35.9 Å². The fourth-order valence-corrected chi connectivity index (χ4v) is 4.78. The number of hydrogen-bond acceptors (Lipinski definition) is 7. The van der Waals surface area contributed by atoms with Gasteiger partial charge in [-0.2, -0.15) is 4.98 Å². The maximum absolute atomic E-state index is 11.7. The predicted octanol–water partition coefficient (Wildman–Crippen LogP) is 2.03. The molecule has 1 aliphatic heterocycles. The summed E-state index contributed by atoms with van der Waals surface area (Å²) in [7, 11) is 0.598. The van der Waals surface area contributed by atoms with E-state index in [4.69, 9.17) is 4.74 Å². The van der Waals surface area contributed by atoms with Crippen molar-refractivity contribution in [2.45, 2.75) is 25.9 Å². The highest BCUT2D eigenvalue weighted by atomic mass is 32.2. The van der Waals surface area contributed by atoms with E-state index >= 15 is 0 Å². The molecule has 7 nitrogen and oxygen atoms in total. The third-order valence-corrected chi connectivity index (χ3v) is 6.32. The first kappa shape index (κ1) is 18.4. The third-order valence-electron chi connectivity index (χ3n) is 4.57. The van der Waals surface area contributed by atoms with Gasteiger partial charge in [-0.3, -0.25) is 0 Å². The number of aryl methyl sites for hydroxylation is 1. The van der Waals surface area contributed by atoms with E-state index in [1.807, 2.05) is 49.2 Å². The molecule has 0 bridgehead atoms. The smallest absolute Gasteiger partial charge is 0.225 e. The number of sulfone groups is 1. The van der Waals surface area contributed by atoms with Crippen LogP contribution in [0.2, 0.25) is 0 Å². The topological polar surface area (TPSA) is 84.4 Å². The Morgan fingerprint density at radius 2 is 2.00 bits per heavy atom. The second kappa shape index (κ2) is 7.49. The predicted molar refractivity (Wildman–Crippen MR) is 103 cm³/mol. The summed E-state index contributed by atoms with van der Waals surface area (Å²) in [5.74, 6) is 2.51. The molecule has 1 fully saturated rings. The van der Waals surface area contributed by atoms with Crippen LogP contribution in [0.1, 0.15) is 17.7 Å². The Morgan fingerprint density at radius 1 is 1.27 bits per heavy atom. The quantitative estimate of drug-likeness (QED) is 0.826. The highest BCUT2D eigenvalue weighted by Gasteiger charge is 2.31. The van der Waals surface area contributed by atoms with Crippen LogP contribution in [0.15, 0.2) is 30.3 Å². The molecular formula is C18H24N4O3S. The number of ether oxygens (including phenoxy) is 1. The maximum atomic E-state index is 11.7. The van der Waals surface area contributed by atoms with Gasteiger partial charge in [-0.25, -0.2) is 13.4 Å². The molecule has 0 saturated carbocycles. The van der Waals surface area contributed by atoms with E-state index in [0.717, 1.165) is 22.8 Å². The molecule has 3 rings (SSSR count). The van der Waals surface area contributed by atoms with E-state index in [9.17, 15) is 8.42 Å². The van der Waals surface area contributed by atoms with E-state index in [1.54, 1.807) is 7.11 Å². The molecule has 0 amide bonds. The van der Waals surface area contributed by atoms with Crippen molar-refractivity contribution >= 4 is 21.6 Å². The van der Waals surface area contributed by atoms with Crippen molar-refractivity contribution in [1.82, 2.24) is 9.97 Å². The fourth-order valence-electron chi connectivity index (χ4n) is 3.00. The van der Waals surface area contributed by atoms with E-state index in [-0.39, 0.29) is 17.5 Å². The van der Waals surface area contributed by atoms with Gasteiger partial charge >= 0.3 is 0 Å². The molecule has 1 aromatic carbocycles. The molecule has 26 heavy (non-hydrogen) atoms. The minimum absolute atomic E-state index is 0.0382. The highest BCUT2D eigenvalue weighted by molar-refractivity contribution is 7.91. The van der Waals surface area contributed by atoms with Crippen LogP contribution in [-0.4, -0.2) is 50.1 Å². The number of nitrogens with one attached hydrogen (secondary N) is 1. The first-order chi connectivity index (χ1) is 12.4. The Kier molecular flexibility index (Phi) is 5.31. The highest BCUT2D eigenvalue weighted by Crippen LogP contribution is 2.23. The molecule has 2 heterocycles. The molecule has 1 aliphatic rings. The Labute approximate surface area is 154 Å². The van der Waals surface area contributed by atoms with Crippen molar-refractivity contribution in [3.8, 4) is 5.75 Å². The van der Waals surface area contributed by atoms with Gasteiger partial charge in [0.15, 0.2) is 9.84 Å². The lowest BCUT2D eigenvalue weighted by Gasteiger charge is -2.25. The van der Waals surface area contributed by atoms with Crippen molar-refractivity contribution in [1.29, 1.82) is 0 Å². The summed E-state index contributed by atoms with van der Waals surface area (Å²) < 4.78 is 28.6. The molecule has 0 spiro atoms. The van der Waals surface area contributed by atoms with Gasteiger partial charge in [-0.15, -0.1) is 0 Å². The fraction of sp³-hybridized carbons (Fsp3) is 0.444. The maximum Gasteiger partial charge on any atom is 0.225 e. The molecule has 1 saturated heterocycles. The van der Waals surface area contributed by atoms with Crippen LogP contribution in [0, 0.1) is 6.92 Å². The Hall–Kier alpha value is -2.35. The van der Waals surface area contributed by atoms with Crippen LogP contribution in [-0.2, 0) is 16.4 Å². The zero-order valence-electron chi connectivity index (χ0n) is 15.3. The summed E-state index contributed by atoms with van der Waals surface area (Å²) in [6.45, 7) is 2.50. The van der Waals surface area contributed by atoms with Crippen LogP contribution in [0.5, 0.6) is 5.75 Å². The molecule has 0 aliphatic carbocycles. The standard InChI is InChI=1S/C18H24N4O3S/c1-13-10-17(22(2)15-8-9-26(23,24)12-15)21-18(20-13)19-11-14-4-6-16(25-3)7-5-14/h4-7,10,15H,8-9,11-12H2,1-3H3,(H,19,20,21). The number of rotatable bonds is 6. The van der Waals surface area contributed by atoms with Crippen LogP contribution >= 0.6 is 0 Å². The number of methoxy groups -OCH3 is 1. The third kappa shape index (κ3) is 4.43. The lowest BCUT2D eigenvalue weighted by molar-refractivity contribution is 0.414. The summed E-state index contributed by atoms with van der Waals surface area (Å²) in [4.78, 5) is 10.9. The van der Waals surface area contributed by atoms with Gasteiger partial charge in [0.25, 0.3) is 0 Å². The van der Waals surface area contributed by atoms with Crippen LogP contribution in [0.25, 0.3) is 0 Å². The lowest BCUT2D eigenvalue weighted by atomic mass is 10.2. The monoisotopic (exact) mass is 376 g/mol. The zero-order valence-corrected chi connectivity index (χ0v) is 16.1. The minimum Gasteiger partial charge on any atom is -0.497 e. The van der Waals surface area contributed by atoms with E-state index in [0.29, 0.717) is 18.9 Å². The van der Waals surface area contributed by atoms with Gasteiger partial charge in [0.2, 0.25) is 5.95 Å². The van der Waals surface area contributed by atoms with Gasteiger partial charge in [0, 0.05) is 31.4 Å². The van der Waals surface area contributed by atoms with Crippen LogP contribution in [0.3, 0.4) is 0 Å². The second-order valence-corrected chi connectivity index (χ2v) is 8.79. The first-order valence-corrected chi connectivity index (χ1v) is 10.3. The van der Waals surface area contributed by atoms with Gasteiger partial charge in [0.1, 0.15) is 11.6 Å². The molecular weight excluding hydrogens is 352 g/mol. The average molecular weight is 376 g/mol. The molecule has 1 atom stereocenters. The Balaban J connectivity index is 1.70. The molecule has 1 N–H and O–H groups in total. The number of aromatic nitrogens is 2. The molecule has 1 aromatic heterocycles. The Bertz CT molecular complexity index is 869. The van der Waals surface area contributed by atoms with E-state index in [2.05, 4.69) is 15.3 Å². The summed E-state index contributed by atoms with van der Waals surface area (Å²) in [5, 5.41) is 3.23. The zero-order chi connectivity index (χ0) is 18.7. The van der Waals surface area contributed by atoms with Crippen molar-refractivity contribution in [2.24, 2.45) is 0 Å². The number of hydrogen-bond donors (Lipinski definition) is 1. The second-order valence-electron chi connectivity index (χ2n) is 6.56. The van der Waals surface area contributed by atoms with Crippen molar-refractivity contribution in [3.05, 3.63) is 41.6 Å². The summed E-state index contributed by atoms with van der Waals surface area (Å²) >= 11 is 0. The summed E-state index contributed by atoms with van der Waals surface area (Å²) in [6, 6.07) is 9.63. The van der Waals surface area contributed by atoms with Gasteiger partial charge in [0.05, 0.1) is 18.6 Å². The minimum atomic E-state index is -2.93. The molecule has 1 unspecified atom stereocenters. The number of nitrogens with zero attached hydrogens (tertiary/aromatic N) is 3. The van der Waals surface area contributed by atoms with Gasteiger partial charge < -0.3 is 15.0 Å².